The van der Waals surface area contributed by atoms with Gasteiger partial charge in [0, 0.05) is 12.2 Å². The Labute approximate surface area is 117 Å². The maximum Gasteiger partial charge on any atom is 0.252 e. The van der Waals surface area contributed by atoms with Crippen molar-refractivity contribution in [2.75, 3.05) is 19.8 Å². The fraction of sp³-hybridized carbons (Fsp3) is 0.500. The van der Waals surface area contributed by atoms with Crippen molar-refractivity contribution >= 4 is 16.8 Å². The number of halogens is 1. The molecule has 0 aliphatic carbocycles. The summed E-state index contributed by atoms with van der Waals surface area (Å²) in [5.41, 5.74) is 0.400. The summed E-state index contributed by atoms with van der Waals surface area (Å²) in [4.78, 5) is 11.1. The third-order valence-electron chi connectivity index (χ3n) is 2.84. The normalized spacial score (nSPS) is 17.3. The quantitative estimate of drug-likeness (QED) is 0.595. The van der Waals surface area contributed by atoms with E-state index in [9.17, 15) is 4.79 Å². The van der Waals surface area contributed by atoms with Crippen LogP contribution in [0, 0.1) is 0 Å². The van der Waals surface area contributed by atoms with E-state index in [0.29, 0.717) is 30.3 Å². The number of fused-ring (bicyclic) bond motifs is 1. The minimum Gasteiger partial charge on any atom is -0.486 e. The molecule has 0 saturated carbocycles. The average Bonchev–Trinajstić information content (AvgIpc) is 2.42. The first kappa shape index (κ1) is 14.2. The fourth-order valence-corrected chi connectivity index (χ4v) is 1.90. The van der Waals surface area contributed by atoms with Crippen molar-refractivity contribution in [3.05, 3.63) is 23.8 Å². The van der Waals surface area contributed by atoms with E-state index in [4.69, 9.17) is 25.8 Å². The van der Waals surface area contributed by atoms with E-state index >= 15 is 0 Å². The summed E-state index contributed by atoms with van der Waals surface area (Å²) in [6, 6.07) is 4.91. The molecule has 1 unspecified atom stereocenters. The molecule has 0 amide bonds. The third kappa shape index (κ3) is 3.85. The lowest BCUT2D eigenvalue weighted by molar-refractivity contribution is 0.00806. The van der Waals surface area contributed by atoms with Crippen LogP contribution in [0.2, 0.25) is 0 Å². The molecule has 0 bridgehead atoms. The summed E-state index contributed by atoms with van der Waals surface area (Å²) in [7, 11) is 0. The maximum absolute atomic E-state index is 11.1. The molecule has 1 heterocycles. The molecule has 1 aliphatic rings. The zero-order valence-corrected chi connectivity index (χ0v) is 11.6. The van der Waals surface area contributed by atoms with Gasteiger partial charge in [-0.25, -0.2) is 0 Å². The van der Waals surface area contributed by atoms with E-state index in [0.717, 1.165) is 19.4 Å². The van der Waals surface area contributed by atoms with Gasteiger partial charge < -0.3 is 14.2 Å². The van der Waals surface area contributed by atoms with Crippen LogP contribution in [0.4, 0.5) is 0 Å². The zero-order valence-electron chi connectivity index (χ0n) is 10.9. The van der Waals surface area contributed by atoms with Gasteiger partial charge >= 0.3 is 0 Å². The van der Waals surface area contributed by atoms with Gasteiger partial charge in [0.1, 0.15) is 6.61 Å². The van der Waals surface area contributed by atoms with Crippen molar-refractivity contribution in [2.24, 2.45) is 0 Å². The van der Waals surface area contributed by atoms with Crippen LogP contribution in [-0.4, -0.2) is 31.2 Å². The summed E-state index contributed by atoms with van der Waals surface area (Å²) in [6.45, 7) is 3.78. The highest BCUT2D eigenvalue weighted by atomic mass is 35.5. The Bertz CT molecular complexity index is 447. The predicted octanol–water partition coefficient (Wildman–Crippen LogP) is 3.02. The van der Waals surface area contributed by atoms with Crippen LogP contribution in [0.25, 0.3) is 0 Å². The smallest absolute Gasteiger partial charge is 0.252 e. The first-order chi connectivity index (χ1) is 9.20. The van der Waals surface area contributed by atoms with Crippen molar-refractivity contribution < 1.29 is 19.0 Å². The zero-order chi connectivity index (χ0) is 13.7. The molecule has 0 spiro atoms. The molecule has 1 aliphatic heterocycles. The number of carbonyl (C=O) groups excluding carboxylic acids is 1. The Hall–Kier alpha value is -1.26. The van der Waals surface area contributed by atoms with Crippen LogP contribution < -0.4 is 9.47 Å². The first-order valence-corrected chi connectivity index (χ1v) is 6.79. The molecular weight excluding hydrogens is 268 g/mol. The molecule has 104 valence electrons. The van der Waals surface area contributed by atoms with Crippen LogP contribution in [0.3, 0.4) is 0 Å². The summed E-state index contributed by atoms with van der Waals surface area (Å²) < 4.78 is 16.8. The van der Waals surface area contributed by atoms with E-state index < -0.39 is 5.24 Å². The Morgan fingerprint density at radius 1 is 1.47 bits per heavy atom. The molecule has 0 saturated heterocycles. The van der Waals surface area contributed by atoms with Gasteiger partial charge in [0.2, 0.25) is 0 Å². The summed E-state index contributed by atoms with van der Waals surface area (Å²) >= 11 is 5.44. The van der Waals surface area contributed by atoms with E-state index in [1.54, 1.807) is 18.2 Å². The second kappa shape index (κ2) is 6.78. The molecular formula is C14H17ClO4. The standard InChI is InChI=1S/C14H17ClO4/c1-2-3-6-17-8-11-9-18-12-5-4-10(14(15)16)7-13(12)19-11/h4-5,7,11H,2-3,6,8-9H2,1H3. The monoisotopic (exact) mass is 284 g/mol. The molecule has 2 rings (SSSR count). The Balaban J connectivity index is 1.94. The first-order valence-electron chi connectivity index (χ1n) is 6.41. The second-order valence-corrected chi connectivity index (χ2v) is 4.76. The van der Waals surface area contributed by atoms with Gasteiger partial charge in [0.25, 0.3) is 5.24 Å². The topological polar surface area (TPSA) is 44.8 Å². The minimum atomic E-state index is -0.507. The molecule has 4 nitrogen and oxygen atoms in total. The molecule has 0 fully saturated rings. The Kier molecular flexibility index (Phi) is 5.05. The van der Waals surface area contributed by atoms with Crippen LogP contribution in [0.15, 0.2) is 18.2 Å². The number of hydrogen-bond acceptors (Lipinski definition) is 4. The number of benzene rings is 1. The highest BCUT2D eigenvalue weighted by molar-refractivity contribution is 6.67. The summed E-state index contributed by atoms with van der Waals surface area (Å²) in [5.74, 6) is 1.17. The lowest BCUT2D eigenvalue weighted by atomic mass is 10.2. The SMILES string of the molecule is CCCCOCC1COc2ccc(C(=O)Cl)cc2O1. The van der Waals surface area contributed by atoms with E-state index in [-0.39, 0.29) is 6.10 Å². The number of rotatable bonds is 6. The Morgan fingerprint density at radius 3 is 3.05 bits per heavy atom. The lowest BCUT2D eigenvalue weighted by Crippen LogP contribution is -2.33. The maximum atomic E-state index is 11.1. The van der Waals surface area contributed by atoms with Crippen molar-refractivity contribution in [1.82, 2.24) is 0 Å². The van der Waals surface area contributed by atoms with Crippen molar-refractivity contribution in [1.29, 1.82) is 0 Å². The lowest BCUT2D eigenvalue weighted by Gasteiger charge is -2.26. The fourth-order valence-electron chi connectivity index (χ4n) is 1.78. The number of hydrogen-bond donors (Lipinski definition) is 0. The predicted molar refractivity (Wildman–Crippen MR) is 72.3 cm³/mol. The van der Waals surface area contributed by atoms with Gasteiger partial charge in [-0.1, -0.05) is 13.3 Å². The second-order valence-electron chi connectivity index (χ2n) is 4.41. The highest BCUT2D eigenvalue weighted by Crippen LogP contribution is 2.33. The van der Waals surface area contributed by atoms with Crippen molar-refractivity contribution in [3.63, 3.8) is 0 Å². The van der Waals surface area contributed by atoms with E-state index in [1.807, 2.05) is 0 Å². The van der Waals surface area contributed by atoms with Gasteiger partial charge in [-0.2, -0.15) is 0 Å². The van der Waals surface area contributed by atoms with Crippen molar-refractivity contribution in [3.8, 4) is 11.5 Å². The van der Waals surface area contributed by atoms with E-state index in [1.165, 1.54) is 0 Å². The molecule has 0 N–H and O–H groups in total. The molecule has 0 aromatic heterocycles. The molecule has 5 heteroatoms. The number of unbranched alkanes of at least 4 members (excludes halogenated alkanes) is 1. The molecule has 1 aromatic rings. The molecule has 1 aromatic carbocycles. The van der Waals surface area contributed by atoms with Gasteiger partial charge in [0.15, 0.2) is 17.6 Å². The Morgan fingerprint density at radius 2 is 2.32 bits per heavy atom. The largest absolute Gasteiger partial charge is 0.486 e. The summed E-state index contributed by atoms with van der Waals surface area (Å²) in [6.07, 6.45) is 1.99. The summed E-state index contributed by atoms with van der Waals surface area (Å²) in [5, 5.41) is -0.507. The van der Waals surface area contributed by atoms with Crippen LogP contribution in [0.5, 0.6) is 11.5 Å². The molecule has 1 atom stereocenters. The number of carbonyl (C=O) groups is 1. The van der Waals surface area contributed by atoms with Gasteiger partial charge in [-0.3, -0.25) is 4.79 Å². The third-order valence-corrected chi connectivity index (χ3v) is 3.05. The average molecular weight is 285 g/mol. The van der Waals surface area contributed by atoms with Gasteiger partial charge in [0.05, 0.1) is 6.61 Å². The highest BCUT2D eigenvalue weighted by Gasteiger charge is 2.22. The van der Waals surface area contributed by atoms with Crippen LogP contribution in [0.1, 0.15) is 30.1 Å². The molecule has 0 radical (unpaired) electrons. The van der Waals surface area contributed by atoms with Gasteiger partial charge in [-0.05, 0) is 36.2 Å². The van der Waals surface area contributed by atoms with Crippen LogP contribution in [-0.2, 0) is 4.74 Å². The van der Waals surface area contributed by atoms with Crippen LogP contribution >= 0.6 is 11.6 Å². The molecule has 19 heavy (non-hydrogen) atoms. The van der Waals surface area contributed by atoms with E-state index in [2.05, 4.69) is 6.92 Å². The van der Waals surface area contributed by atoms with Crippen molar-refractivity contribution in [2.45, 2.75) is 25.9 Å². The minimum absolute atomic E-state index is 0.148. The number of ether oxygens (including phenoxy) is 3. The van der Waals surface area contributed by atoms with Gasteiger partial charge in [-0.15, -0.1) is 0 Å².